The highest BCUT2D eigenvalue weighted by atomic mass is 16.6. The van der Waals surface area contributed by atoms with Gasteiger partial charge in [0.15, 0.2) is 0 Å². The molecule has 0 atom stereocenters. The van der Waals surface area contributed by atoms with Gasteiger partial charge in [-0.05, 0) is 68.7 Å². The highest BCUT2D eigenvalue weighted by molar-refractivity contribution is 6.31. The smallest absolute Gasteiger partial charge is 0.331 e. The first-order valence-corrected chi connectivity index (χ1v) is 12.7. The first-order valence-electron chi connectivity index (χ1n) is 12.7. The maximum atomic E-state index is 13.3. The number of urea groups is 1. The lowest BCUT2D eigenvalue weighted by molar-refractivity contribution is -0.385. The number of benzene rings is 1. The van der Waals surface area contributed by atoms with Gasteiger partial charge in [-0.15, -0.1) is 0 Å². The van der Waals surface area contributed by atoms with E-state index < -0.39 is 22.8 Å². The average molecular weight is 530 g/mol. The van der Waals surface area contributed by atoms with Crippen molar-refractivity contribution in [2.45, 2.75) is 52.0 Å². The number of aromatic nitrogens is 2. The molecule has 200 valence electrons. The summed E-state index contributed by atoms with van der Waals surface area (Å²) >= 11 is 0. The minimum atomic E-state index is -0.691. The molecular formula is C28H27N5O6. The van der Waals surface area contributed by atoms with Gasteiger partial charge in [-0.1, -0.05) is 19.3 Å². The third-order valence-corrected chi connectivity index (χ3v) is 7.09. The van der Waals surface area contributed by atoms with Crippen molar-refractivity contribution in [2.75, 3.05) is 0 Å². The monoisotopic (exact) mass is 529 g/mol. The van der Waals surface area contributed by atoms with Crippen molar-refractivity contribution in [3.8, 4) is 17.3 Å². The minimum absolute atomic E-state index is 0.0558. The van der Waals surface area contributed by atoms with Crippen molar-refractivity contribution in [2.24, 2.45) is 0 Å². The van der Waals surface area contributed by atoms with Gasteiger partial charge < -0.3 is 9.30 Å². The molecule has 0 unspecified atom stereocenters. The number of hydrogen-bond acceptors (Lipinski definition) is 7. The zero-order valence-electron chi connectivity index (χ0n) is 21.5. The van der Waals surface area contributed by atoms with Crippen LogP contribution in [-0.2, 0) is 9.59 Å². The van der Waals surface area contributed by atoms with E-state index in [1.165, 1.54) is 17.0 Å². The van der Waals surface area contributed by atoms with E-state index in [1.807, 2.05) is 36.6 Å². The lowest BCUT2D eigenvalue weighted by atomic mass is 9.93. The van der Waals surface area contributed by atoms with Crippen molar-refractivity contribution in [3.63, 3.8) is 0 Å². The van der Waals surface area contributed by atoms with Crippen molar-refractivity contribution < 1.29 is 24.0 Å². The average Bonchev–Trinajstić information content (AvgIpc) is 3.20. The molecule has 0 spiro atoms. The van der Waals surface area contributed by atoms with Gasteiger partial charge in [0, 0.05) is 35.2 Å². The molecule has 1 aliphatic heterocycles. The fraction of sp³-hybridized carbons (Fsp3) is 0.286. The number of aryl methyl sites for hydroxylation is 1. The number of imide groups is 2. The van der Waals surface area contributed by atoms with E-state index in [0.29, 0.717) is 11.3 Å². The first-order chi connectivity index (χ1) is 18.7. The number of nitrogens with one attached hydrogen (secondary N) is 1. The third-order valence-electron chi connectivity index (χ3n) is 7.09. The molecule has 0 bridgehead atoms. The van der Waals surface area contributed by atoms with Gasteiger partial charge >= 0.3 is 6.03 Å². The summed E-state index contributed by atoms with van der Waals surface area (Å²) in [5.74, 6) is -0.515. The predicted octanol–water partition coefficient (Wildman–Crippen LogP) is 4.98. The number of amides is 4. The molecule has 1 N–H and O–H groups in total. The molecule has 1 aliphatic carbocycles. The largest absolute Gasteiger partial charge is 0.439 e. The number of ether oxygens (including phenoxy) is 1. The van der Waals surface area contributed by atoms with Crippen LogP contribution in [0.15, 0.2) is 54.2 Å². The SMILES string of the molecule is Cc1cc(C=C2C(=O)NC(=O)N(C3CCCCC3)C2=O)c(C)n1-c1ccc(Oc2ccc([N+](=O)[O-])cn2)cc1. The zero-order chi connectivity index (χ0) is 27.7. The fourth-order valence-corrected chi connectivity index (χ4v) is 5.15. The summed E-state index contributed by atoms with van der Waals surface area (Å²) in [4.78, 5) is 53.9. The molecule has 11 nitrogen and oxygen atoms in total. The lowest BCUT2D eigenvalue weighted by Gasteiger charge is -2.35. The van der Waals surface area contributed by atoms with E-state index in [4.69, 9.17) is 4.74 Å². The predicted molar refractivity (Wildman–Crippen MR) is 141 cm³/mol. The molecule has 0 radical (unpaired) electrons. The summed E-state index contributed by atoms with van der Waals surface area (Å²) in [7, 11) is 0. The zero-order valence-corrected chi connectivity index (χ0v) is 21.5. The number of nitro groups is 1. The number of nitrogens with zero attached hydrogens (tertiary/aromatic N) is 4. The summed E-state index contributed by atoms with van der Waals surface area (Å²) in [6.07, 6.45) is 7.15. The van der Waals surface area contributed by atoms with Crippen LogP contribution in [0.5, 0.6) is 11.6 Å². The van der Waals surface area contributed by atoms with E-state index in [9.17, 15) is 24.5 Å². The Kier molecular flexibility index (Phi) is 6.97. The molecule has 39 heavy (non-hydrogen) atoms. The van der Waals surface area contributed by atoms with Crippen molar-refractivity contribution in [1.82, 2.24) is 19.8 Å². The van der Waals surface area contributed by atoms with E-state index in [0.717, 1.165) is 55.4 Å². The summed E-state index contributed by atoms with van der Waals surface area (Å²) in [6, 6.07) is 11.0. The Bertz CT molecular complexity index is 1480. The van der Waals surface area contributed by atoms with Gasteiger partial charge in [0.25, 0.3) is 17.5 Å². The third kappa shape index (κ3) is 5.15. The van der Waals surface area contributed by atoms with Crippen LogP contribution in [0.2, 0.25) is 0 Å². The molecule has 1 saturated heterocycles. The molecule has 2 fully saturated rings. The van der Waals surface area contributed by atoms with Crippen molar-refractivity contribution in [1.29, 1.82) is 0 Å². The Morgan fingerprint density at radius 1 is 1.05 bits per heavy atom. The molecule has 5 rings (SSSR count). The van der Waals surface area contributed by atoms with E-state index in [1.54, 1.807) is 18.2 Å². The van der Waals surface area contributed by atoms with Crippen LogP contribution in [0.1, 0.15) is 49.1 Å². The summed E-state index contributed by atoms with van der Waals surface area (Å²) in [6.45, 7) is 3.81. The number of hydrogen-bond donors (Lipinski definition) is 1. The van der Waals surface area contributed by atoms with Gasteiger partial charge in [0.2, 0.25) is 5.88 Å². The molecule has 3 aromatic rings. The first kappa shape index (κ1) is 25.8. The van der Waals surface area contributed by atoms with E-state index in [2.05, 4.69) is 10.3 Å². The molecule has 1 saturated carbocycles. The van der Waals surface area contributed by atoms with Gasteiger partial charge in [0.1, 0.15) is 17.5 Å². The second-order valence-corrected chi connectivity index (χ2v) is 9.65. The highest BCUT2D eigenvalue weighted by Crippen LogP contribution is 2.29. The van der Waals surface area contributed by atoms with Crippen LogP contribution < -0.4 is 10.1 Å². The number of barbiturate groups is 1. The van der Waals surface area contributed by atoms with Gasteiger partial charge in [-0.3, -0.25) is 29.9 Å². The van der Waals surface area contributed by atoms with Crippen LogP contribution in [0, 0.1) is 24.0 Å². The van der Waals surface area contributed by atoms with Crippen LogP contribution in [-0.4, -0.2) is 43.3 Å². The maximum absolute atomic E-state index is 13.3. The molecule has 3 heterocycles. The van der Waals surface area contributed by atoms with Crippen LogP contribution in [0.25, 0.3) is 11.8 Å². The molecule has 1 aromatic carbocycles. The van der Waals surface area contributed by atoms with E-state index in [-0.39, 0.29) is 23.2 Å². The summed E-state index contributed by atoms with van der Waals surface area (Å²) < 4.78 is 7.68. The Hall–Kier alpha value is -4.80. The molecule has 2 aromatic heterocycles. The summed E-state index contributed by atoms with van der Waals surface area (Å²) in [5.41, 5.74) is 3.04. The second-order valence-electron chi connectivity index (χ2n) is 9.65. The Balaban J connectivity index is 1.38. The topological polar surface area (TPSA) is 137 Å². The number of carbonyl (C=O) groups excluding carboxylic acids is 3. The van der Waals surface area contributed by atoms with Crippen LogP contribution in [0.4, 0.5) is 10.5 Å². The second kappa shape index (κ2) is 10.5. The lowest BCUT2D eigenvalue weighted by Crippen LogP contribution is -2.58. The maximum Gasteiger partial charge on any atom is 0.331 e. The molecule has 11 heteroatoms. The highest BCUT2D eigenvalue weighted by Gasteiger charge is 2.40. The quantitative estimate of drug-likeness (QED) is 0.206. The van der Waals surface area contributed by atoms with Crippen molar-refractivity contribution in [3.05, 3.63) is 81.3 Å². The minimum Gasteiger partial charge on any atom is -0.439 e. The molecular weight excluding hydrogens is 502 g/mol. The summed E-state index contributed by atoms with van der Waals surface area (Å²) in [5, 5.41) is 13.1. The molecule has 2 aliphatic rings. The van der Waals surface area contributed by atoms with Gasteiger partial charge in [-0.2, -0.15) is 0 Å². The Morgan fingerprint density at radius 2 is 1.77 bits per heavy atom. The van der Waals surface area contributed by atoms with Gasteiger partial charge in [0.05, 0.1) is 4.92 Å². The standard InChI is InChI=1S/C28H27N5O6/c1-17-14-19(15-24-26(34)30-28(36)32(27(24)35)20-6-4-3-5-7-20)18(2)31(17)21-8-11-23(12-9-21)39-25-13-10-22(16-29-25)33(37)38/h8-16,20H,3-7H2,1-2H3,(H,30,34,36). The van der Waals surface area contributed by atoms with E-state index >= 15 is 0 Å². The number of pyridine rings is 1. The molecule has 4 amide bonds. The van der Waals surface area contributed by atoms with Gasteiger partial charge in [-0.25, -0.2) is 9.78 Å². The fourth-order valence-electron chi connectivity index (χ4n) is 5.15. The van der Waals surface area contributed by atoms with Crippen LogP contribution >= 0.6 is 0 Å². The normalized spacial score (nSPS) is 17.4. The Labute approximate surface area is 224 Å². The van der Waals surface area contributed by atoms with Crippen LogP contribution in [0.3, 0.4) is 0 Å². The van der Waals surface area contributed by atoms with Crippen molar-refractivity contribution >= 4 is 29.6 Å². The Morgan fingerprint density at radius 3 is 2.41 bits per heavy atom. The number of carbonyl (C=O) groups is 3. The number of rotatable bonds is 6.